The van der Waals surface area contributed by atoms with Crippen molar-refractivity contribution in [3.05, 3.63) is 37.1 Å². The van der Waals surface area contributed by atoms with E-state index in [2.05, 4.69) is 38.8 Å². The van der Waals surface area contributed by atoms with Crippen LogP contribution in [-0.4, -0.2) is 85.4 Å². The molecule has 0 aromatic carbocycles. The smallest absolute Gasteiger partial charge is 0.315 e. The SMILES string of the molecule is C#CCCC(NC(=O)[C@H]1C(C(=O)[C@@H](NC(=O)N[C@H](CN(C)S(=O)(=O)c2ccccn2)C(C)(C)C)C(C)(C)C)C[C@H]2[C@@H]1C2(C)C)C(=O)C(=O)NCC=C. The van der Waals surface area contributed by atoms with Gasteiger partial charge in [-0.15, -0.1) is 18.9 Å². The van der Waals surface area contributed by atoms with Crippen molar-refractivity contribution in [2.24, 2.45) is 39.9 Å². The average Bonchev–Trinajstić information content (AvgIpc) is 3.37. The first-order valence-electron chi connectivity index (χ1n) is 17.6. The fourth-order valence-electron chi connectivity index (χ4n) is 7.24. The molecule has 3 rings (SSSR count). The summed E-state index contributed by atoms with van der Waals surface area (Å²) in [7, 11) is -2.54. The Labute approximate surface area is 309 Å². The number of urea groups is 1. The first kappa shape index (κ1) is 42.3. The lowest BCUT2D eigenvalue weighted by Crippen LogP contribution is -2.59. The summed E-state index contributed by atoms with van der Waals surface area (Å²) in [6, 6.07) is 1.06. The molecular formula is C38H56N6O7S. The molecule has 1 aromatic rings. The van der Waals surface area contributed by atoms with Gasteiger partial charge in [0.2, 0.25) is 11.7 Å². The minimum Gasteiger partial charge on any atom is -0.346 e. The van der Waals surface area contributed by atoms with E-state index in [1.807, 2.05) is 55.4 Å². The summed E-state index contributed by atoms with van der Waals surface area (Å²) in [5.74, 6) is -1.72. The zero-order valence-electron chi connectivity index (χ0n) is 31.9. The number of fused-ring (bicyclic) bond motifs is 1. The van der Waals surface area contributed by atoms with E-state index in [9.17, 15) is 32.4 Å². The largest absolute Gasteiger partial charge is 0.346 e. The van der Waals surface area contributed by atoms with Crippen LogP contribution in [0.5, 0.6) is 0 Å². The van der Waals surface area contributed by atoms with E-state index in [0.717, 1.165) is 4.31 Å². The van der Waals surface area contributed by atoms with Crippen LogP contribution < -0.4 is 21.3 Å². The quantitative estimate of drug-likeness (QED) is 0.113. The second-order valence-corrected chi connectivity index (χ2v) is 18.7. The molecule has 4 N–H and O–H groups in total. The molecule has 1 aromatic heterocycles. The predicted molar refractivity (Wildman–Crippen MR) is 198 cm³/mol. The van der Waals surface area contributed by atoms with Gasteiger partial charge >= 0.3 is 6.03 Å². The van der Waals surface area contributed by atoms with Crippen molar-refractivity contribution in [3.63, 3.8) is 0 Å². The highest BCUT2D eigenvalue weighted by molar-refractivity contribution is 7.89. The lowest BCUT2D eigenvalue weighted by molar-refractivity contribution is -0.141. The molecule has 2 aliphatic carbocycles. The first-order chi connectivity index (χ1) is 24.0. The number of sulfonamides is 1. The second-order valence-electron chi connectivity index (χ2n) is 16.7. The Bertz CT molecular complexity index is 1670. The lowest BCUT2D eigenvalue weighted by atomic mass is 9.74. The van der Waals surface area contributed by atoms with E-state index in [-0.39, 0.29) is 54.0 Å². The number of terminal acetylenes is 1. The number of carbonyl (C=O) groups excluding carboxylic acids is 5. The van der Waals surface area contributed by atoms with Crippen molar-refractivity contribution < 1.29 is 32.4 Å². The molecule has 0 saturated heterocycles. The molecule has 2 fully saturated rings. The fourth-order valence-corrected chi connectivity index (χ4v) is 8.35. The van der Waals surface area contributed by atoms with E-state index in [1.54, 1.807) is 12.1 Å². The van der Waals surface area contributed by atoms with E-state index in [1.165, 1.54) is 25.4 Å². The van der Waals surface area contributed by atoms with Crippen molar-refractivity contribution in [2.45, 2.75) is 97.8 Å². The first-order valence-corrected chi connectivity index (χ1v) is 19.1. The van der Waals surface area contributed by atoms with Crippen LogP contribution >= 0.6 is 0 Å². The van der Waals surface area contributed by atoms with Crippen molar-refractivity contribution in [1.29, 1.82) is 0 Å². The minimum atomic E-state index is -3.95. The van der Waals surface area contributed by atoms with Gasteiger partial charge in [0.1, 0.15) is 0 Å². The topological polar surface area (TPSA) is 184 Å². The summed E-state index contributed by atoms with van der Waals surface area (Å²) in [5, 5.41) is 10.8. The van der Waals surface area contributed by atoms with Gasteiger partial charge in [-0.1, -0.05) is 67.5 Å². The second kappa shape index (κ2) is 16.3. The highest BCUT2D eigenvalue weighted by Crippen LogP contribution is 2.71. The van der Waals surface area contributed by atoms with E-state index in [4.69, 9.17) is 6.42 Å². The number of amides is 4. The Morgan fingerprint density at radius 2 is 1.73 bits per heavy atom. The molecule has 286 valence electrons. The van der Waals surface area contributed by atoms with Crippen LogP contribution in [0.3, 0.4) is 0 Å². The van der Waals surface area contributed by atoms with Crippen molar-refractivity contribution in [1.82, 2.24) is 30.6 Å². The van der Waals surface area contributed by atoms with Crippen LogP contribution in [0, 0.1) is 52.3 Å². The van der Waals surface area contributed by atoms with Gasteiger partial charge in [-0.3, -0.25) is 19.2 Å². The number of pyridine rings is 1. The Balaban J connectivity index is 1.84. The molecule has 0 spiro atoms. The van der Waals surface area contributed by atoms with Crippen LogP contribution in [0.25, 0.3) is 0 Å². The molecule has 52 heavy (non-hydrogen) atoms. The summed E-state index contributed by atoms with van der Waals surface area (Å²) in [6.45, 7) is 18.7. The molecule has 2 unspecified atom stereocenters. The van der Waals surface area contributed by atoms with Gasteiger partial charge in [-0.05, 0) is 53.1 Å². The Morgan fingerprint density at radius 3 is 2.27 bits per heavy atom. The summed E-state index contributed by atoms with van der Waals surface area (Å²) in [4.78, 5) is 71.8. The third-order valence-corrected chi connectivity index (χ3v) is 12.2. The van der Waals surface area contributed by atoms with Gasteiger partial charge in [-0.25, -0.2) is 18.2 Å². The van der Waals surface area contributed by atoms with Gasteiger partial charge in [0.15, 0.2) is 10.8 Å². The molecule has 4 amide bonds. The lowest BCUT2D eigenvalue weighted by Gasteiger charge is -2.37. The third-order valence-electron chi connectivity index (χ3n) is 10.5. The Morgan fingerprint density at radius 1 is 1.08 bits per heavy atom. The summed E-state index contributed by atoms with van der Waals surface area (Å²) >= 11 is 0. The zero-order valence-corrected chi connectivity index (χ0v) is 32.7. The molecule has 2 aliphatic rings. The number of Topliss-reactive ketones (excluding diaryl/α,β-unsaturated/α-hetero) is 2. The molecule has 0 bridgehead atoms. The maximum absolute atomic E-state index is 14.5. The van der Waals surface area contributed by atoms with Gasteiger partial charge in [0.25, 0.3) is 15.9 Å². The van der Waals surface area contributed by atoms with Gasteiger partial charge < -0.3 is 21.3 Å². The number of likely N-dealkylation sites (N-methyl/N-ethyl adjacent to an activating group) is 1. The Kier molecular flexibility index (Phi) is 13.3. The molecule has 7 atom stereocenters. The zero-order chi connectivity index (χ0) is 39.4. The highest BCUT2D eigenvalue weighted by atomic mass is 32.2. The number of nitrogens with zero attached hydrogens (tertiary/aromatic N) is 2. The van der Waals surface area contributed by atoms with Crippen LogP contribution in [0.4, 0.5) is 4.79 Å². The fraction of sp³-hybridized carbons (Fsp3) is 0.632. The van der Waals surface area contributed by atoms with Gasteiger partial charge in [-0.2, -0.15) is 4.31 Å². The average molecular weight is 741 g/mol. The molecule has 2 saturated carbocycles. The number of hydrogen-bond acceptors (Lipinski definition) is 8. The monoisotopic (exact) mass is 740 g/mol. The summed E-state index contributed by atoms with van der Waals surface area (Å²) in [6.07, 6.45) is 8.88. The van der Waals surface area contributed by atoms with Crippen LogP contribution in [0.1, 0.15) is 74.7 Å². The van der Waals surface area contributed by atoms with Crippen LogP contribution in [-0.2, 0) is 29.2 Å². The van der Waals surface area contributed by atoms with Gasteiger partial charge in [0, 0.05) is 44.7 Å². The van der Waals surface area contributed by atoms with Crippen molar-refractivity contribution in [3.8, 4) is 12.3 Å². The standard InChI is InChI=1S/C38H56N6O7S/c1-12-14-17-25(31(46)34(48)40-19-13-2)41-33(47)28-23(21-24-29(28)38(24,9)10)30(45)32(37(6,7)8)43-35(49)42-26(36(3,4)5)22-44(11)52(50,51)27-18-15-16-20-39-27/h1,13,15-16,18,20,23-26,28-29,32H,2,14,17,19,21-22H2,3-11H3,(H,40,48)(H,41,47)(H2,42,43,49)/t23?,24-,25?,26+,28-,29-,32+/m0/s1. The number of hydrogen-bond donors (Lipinski definition) is 4. The predicted octanol–water partition coefficient (Wildman–Crippen LogP) is 3.08. The minimum absolute atomic E-state index is 0.0467. The molecule has 0 radical (unpaired) electrons. The van der Waals surface area contributed by atoms with Crippen molar-refractivity contribution >= 4 is 39.4 Å². The van der Waals surface area contributed by atoms with Crippen molar-refractivity contribution in [2.75, 3.05) is 20.1 Å². The number of rotatable bonds is 16. The highest BCUT2D eigenvalue weighted by Gasteiger charge is 2.70. The van der Waals surface area contributed by atoms with Crippen LogP contribution in [0.2, 0.25) is 0 Å². The molecule has 14 heteroatoms. The molecule has 1 heterocycles. The number of aromatic nitrogens is 1. The maximum Gasteiger partial charge on any atom is 0.315 e. The summed E-state index contributed by atoms with van der Waals surface area (Å²) in [5.41, 5.74) is -1.59. The Hall–Kier alpha value is -4.09. The molecule has 13 nitrogen and oxygen atoms in total. The number of ketones is 2. The van der Waals surface area contributed by atoms with Gasteiger partial charge in [0.05, 0.1) is 18.0 Å². The number of nitrogens with one attached hydrogen (secondary N) is 4. The van der Waals surface area contributed by atoms with Crippen LogP contribution in [0.15, 0.2) is 42.1 Å². The maximum atomic E-state index is 14.5. The van der Waals surface area contributed by atoms with E-state index < -0.39 is 74.4 Å². The normalized spacial score (nSPS) is 22.5. The third kappa shape index (κ3) is 9.66. The van der Waals surface area contributed by atoms with E-state index in [0.29, 0.717) is 6.42 Å². The van der Waals surface area contributed by atoms with E-state index >= 15 is 0 Å². The molecule has 0 aliphatic heterocycles. The summed E-state index contributed by atoms with van der Waals surface area (Å²) < 4.78 is 27.6. The molecular weight excluding hydrogens is 685 g/mol. The number of carbonyl (C=O) groups is 5.